The van der Waals surface area contributed by atoms with E-state index >= 15 is 0 Å². The summed E-state index contributed by atoms with van der Waals surface area (Å²) in [4.78, 5) is 20.6. The van der Waals surface area contributed by atoms with Gasteiger partial charge in [-0.1, -0.05) is 6.07 Å². The van der Waals surface area contributed by atoms with Crippen molar-refractivity contribution in [2.75, 3.05) is 26.2 Å². The summed E-state index contributed by atoms with van der Waals surface area (Å²) < 4.78 is 15.8. The lowest BCUT2D eigenvalue weighted by molar-refractivity contribution is -0.130. The number of hydrogen-bond acceptors (Lipinski definition) is 4. The summed E-state index contributed by atoms with van der Waals surface area (Å²) in [5.41, 5.74) is 4.97. The molecule has 1 aliphatic rings. The number of carbonyl (C=O) groups excluding carboxylic acids is 1. The first-order valence-electron chi connectivity index (χ1n) is 9.80. The summed E-state index contributed by atoms with van der Waals surface area (Å²) in [5.74, 6) is -0.0906. The number of thiazole rings is 1. The minimum Gasteiger partial charge on any atom is -0.340 e. The van der Waals surface area contributed by atoms with Gasteiger partial charge in [0.1, 0.15) is 10.8 Å². The van der Waals surface area contributed by atoms with Gasteiger partial charge in [-0.15, -0.1) is 11.3 Å². The van der Waals surface area contributed by atoms with Crippen molar-refractivity contribution in [3.05, 3.63) is 57.9 Å². The Hall–Kier alpha value is -2.51. The van der Waals surface area contributed by atoms with Gasteiger partial charge in [0.2, 0.25) is 5.91 Å². The monoisotopic (exact) mass is 412 g/mol. The van der Waals surface area contributed by atoms with Crippen LogP contribution in [0.4, 0.5) is 4.39 Å². The van der Waals surface area contributed by atoms with E-state index in [0.29, 0.717) is 0 Å². The molecule has 3 aromatic rings. The summed E-state index contributed by atoms with van der Waals surface area (Å²) >= 11 is 1.66. The number of piperazine rings is 1. The number of halogens is 1. The molecule has 7 heteroatoms. The minimum absolute atomic E-state index is 0.148. The van der Waals surface area contributed by atoms with Crippen LogP contribution in [0.2, 0.25) is 0 Å². The zero-order valence-electron chi connectivity index (χ0n) is 17.0. The van der Waals surface area contributed by atoms with E-state index in [1.807, 2.05) is 24.8 Å². The van der Waals surface area contributed by atoms with Crippen molar-refractivity contribution in [1.82, 2.24) is 19.4 Å². The topological polar surface area (TPSA) is 41.4 Å². The Bertz CT molecular complexity index is 1030. The highest BCUT2D eigenvalue weighted by Crippen LogP contribution is 2.31. The van der Waals surface area contributed by atoms with Gasteiger partial charge in [-0.3, -0.25) is 9.69 Å². The first-order chi connectivity index (χ1) is 13.9. The lowest BCUT2D eigenvalue weighted by Gasteiger charge is -2.33. The van der Waals surface area contributed by atoms with Gasteiger partial charge in [0, 0.05) is 61.1 Å². The van der Waals surface area contributed by atoms with Crippen LogP contribution in [0.25, 0.3) is 16.9 Å². The molecule has 0 radical (unpaired) electrons. The van der Waals surface area contributed by atoms with Crippen molar-refractivity contribution >= 4 is 17.2 Å². The molecular formula is C22H25FN4OS. The molecule has 0 aliphatic carbocycles. The molecular weight excluding hydrogens is 387 g/mol. The van der Waals surface area contributed by atoms with Crippen LogP contribution in [0, 0.1) is 19.7 Å². The first kappa shape index (κ1) is 19.8. The molecule has 1 amide bonds. The Morgan fingerprint density at radius 2 is 1.93 bits per heavy atom. The Labute approximate surface area is 174 Å². The van der Waals surface area contributed by atoms with E-state index in [1.165, 1.54) is 6.07 Å². The normalized spacial score (nSPS) is 15.1. The van der Waals surface area contributed by atoms with Crippen molar-refractivity contribution in [2.24, 2.45) is 0 Å². The van der Waals surface area contributed by atoms with Crippen LogP contribution in [0.5, 0.6) is 0 Å². The average Bonchev–Trinajstić information content (AvgIpc) is 3.26. The van der Waals surface area contributed by atoms with Crippen molar-refractivity contribution in [2.45, 2.75) is 27.3 Å². The molecule has 152 valence electrons. The second kappa shape index (κ2) is 8.08. The van der Waals surface area contributed by atoms with Gasteiger partial charge in [-0.2, -0.15) is 0 Å². The largest absolute Gasteiger partial charge is 0.340 e. The third-order valence-corrected chi connectivity index (χ3v) is 6.34. The smallest absolute Gasteiger partial charge is 0.219 e. The molecule has 1 fully saturated rings. The summed E-state index contributed by atoms with van der Waals surface area (Å²) in [7, 11) is 0. The number of rotatable bonds is 4. The predicted molar refractivity (Wildman–Crippen MR) is 114 cm³/mol. The molecule has 29 heavy (non-hydrogen) atoms. The summed E-state index contributed by atoms with van der Waals surface area (Å²) in [6.07, 6.45) is 0. The van der Waals surface area contributed by atoms with Gasteiger partial charge in [0.15, 0.2) is 0 Å². The van der Waals surface area contributed by atoms with E-state index in [9.17, 15) is 9.18 Å². The second-order valence-electron chi connectivity index (χ2n) is 7.51. The van der Waals surface area contributed by atoms with Gasteiger partial charge in [-0.25, -0.2) is 9.37 Å². The van der Waals surface area contributed by atoms with Crippen molar-refractivity contribution in [3.63, 3.8) is 0 Å². The summed E-state index contributed by atoms with van der Waals surface area (Å²) in [5, 5.41) is 3.17. The number of benzene rings is 1. The van der Waals surface area contributed by atoms with Crippen LogP contribution in [0.3, 0.4) is 0 Å². The lowest BCUT2D eigenvalue weighted by Crippen LogP contribution is -2.47. The fourth-order valence-corrected chi connectivity index (χ4v) is 4.79. The molecule has 0 N–H and O–H groups in total. The van der Waals surface area contributed by atoms with Crippen LogP contribution < -0.4 is 0 Å². The summed E-state index contributed by atoms with van der Waals surface area (Å²) in [6.45, 7) is 9.83. The lowest BCUT2D eigenvalue weighted by atomic mass is 10.2. The van der Waals surface area contributed by atoms with E-state index in [1.54, 1.807) is 30.4 Å². The average molecular weight is 413 g/mol. The zero-order chi connectivity index (χ0) is 20.5. The highest BCUT2D eigenvalue weighted by atomic mass is 32.1. The molecule has 3 heterocycles. The summed E-state index contributed by atoms with van der Waals surface area (Å²) in [6, 6.07) is 8.78. The van der Waals surface area contributed by atoms with Crippen molar-refractivity contribution in [1.29, 1.82) is 0 Å². The SMILES string of the molecule is CC(=O)N1CCN(Cc2nc(-c3cc(C)n(-c4cccc(F)c4)c3C)cs2)CC1. The van der Waals surface area contributed by atoms with Crippen LogP contribution >= 0.6 is 11.3 Å². The molecule has 1 aromatic carbocycles. The third-order valence-electron chi connectivity index (χ3n) is 5.50. The fourth-order valence-electron chi connectivity index (χ4n) is 3.95. The van der Waals surface area contributed by atoms with E-state index in [2.05, 4.69) is 20.9 Å². The Morgan fingerprint density at radius 1 is 1.17 bits per heavy atom. The van der Waals surface area contributed by atoms with E-state index in [0.717, 1.165) is 66.1 Å². The Kier molecular flexibility index (Phi) is 5.52. The number of aromatic nitrogens is 2. The van der Waals surface area contributed by atoms with Gasteiger partial charge in [0.05, 0.1) is 12.2 Å². The Balaban J connectivity index is 1.52. The molecule has 1 saturated heterocycles. The fraction of sp³-hybridized carbons (Fsp3) is 0.364. The van der Waals surface area contributed by atoms with Gasteiger partial charge in [-0.05, 0) is 38.1 Å². The maximum atomic E-state index is 13.7. The molecule has 0 saturated carbocycles. The number of carbonyl (C=O) groups is 1. The molecule has 5 nitrogen and oxygen atoms in total. The highest BCUT2D eigenvalue weighted by molar-refractivity contribution is 7.09. The molecule has 1 aliphatic heterocycles. The third kappa shape index (κ3) is 4.11. The second-order valence-corrected chi connectivity index (χ2v) is 8.45. The molecule has 4 rings (SSSR count). The van der Waals surface area contributed by atoms with E-state index in [4.69, 9.17) is 4.98 Å². The van der Waals surface area contributed by atoms with Crippen molar-refractivity contribution in [3.8, 4) is 16.9 Å². The van der Waals surface area contributed by atoms with E-state index in [-0.39, 0.29) is 11.7 Å². The van der Waals surface area contributed by atoms with Crippen LogP contribution in [-0.4, -0.2) is 51.4 Å². The maximum Gasteiger partial charge on any atom is 0.219 e. The molecule has 0 bridgehead atoms. The predicted octanol–water partition coefficient (Wildman–Crippen LogP) is 4.02. The Morgan fingerprint density at radius 3 is 2.62 bits per heavy atom. The number of aryl methyl sites for hydroxylation is 1. The number of amides is 1. The van der Waals surface area contributed by atoms with Crippen LogP contribution in [-0.2, 0) is 11.3 Å². The van der Waals surface area contributed by atoms with Gasteiger partial charge in [0.25, 0.3) is 0 Å². The number of hydrogen-bond donors (Lipinski definition) is 0. The first-order valence-corrected chi connectivity index (χ1v) is 10.7. The maximum absolute atomic E-state index is 13.7. The zero-order valence-corrected chi connectivity index (χ0v) is 17.8. The molecule has 0 atom stereocenters. The van der Waals surface area contributed by atoms with Gasteiger partial charge >= 0.3 is 0 Å². The quantitative estimate of drug-likeness (QED) is 0.650. The number of nitrogens with zero attached hydrogens (tertiary/aromatic N) is 4. The minimum atomic E-state index is -0.239. The van der Waals surface area contributed by atoms with Gasteiger partial charge < -0.3 is 9.47 Å². The standard InChI is InChI=1S/C22H25FN4OS/c1-15-11-20(16(2)27(15)19-6-4-5-18(23)12-19)21-14-29-22(24-21)13-25-7-9-26(10-8-25)17(3)28/h4-6,11-12,14H,7-10,13H2,1-3H3. The van der Waals surface area contributed by atoms with Crippen LogP contribution in [0.1, 0.15) is 23.3 Å². The van der Waals surface area contributed by atoms with E-state index < -0.39 is 0 Å². The molecule has 0 unspecified atom stereocenters. The highest BCUT2D eigenvalue weighted by Gasteiger charge is 2.20. The van der Waals surface area contributed by atoms with Crippen molar-refractivity contribution < 1.29 is 9.18 Å². The van der Waals surface area contributed by atoms with Crippen LogP contribution in [0.15, 0.2) is 35.7 Å². The molecule has 0 spiro atoms. The molecule has 2 aromatic heterocycles.